The lowest BCUT2D eigenvalue weighted by atomic mass is 10.1. The van der Waals surface area contributed by atoms with Crippen molar-refractivity contribution < 1.29 is 0 Å². The molecule has 0 aliphatic heterocycles. The van der Waals surface area contributed by atoms with Gasteiger partial charge in [0.1, 0.15) is 0 Å². The molecule has 0 radical (unpaired) electrons. The van der Waals surface area contributed by atoms with E-state index in [0.717, 1.165) is 34.8 Å². The van der Waals surface area contributed by atoms with Crippen molar-refractivity contribution in [2.75, 3.05) is 6.16 Å². The molecule has 0 bridgehead atoms. The first-order chi connectivity index (χ1) is 18.6. The van der Waals surface area contributed by atoms with Gasteiger partial charge in [-0.2, -0.15) is 0 Å². The van der Waals surface area contributed by atoms with Gasteiger partial charge in [0.05, 0.1) is 13.1 Å². The van der Waals surface area contributed by atoms with Gasteiger partial charge in [-0.25, -0.2) is 28.1 Å². The molecule has 3 aromatic rings. The Morgan fingerprint density at radius 1 is 0.553 bits per heavy atom. The highest BCUT2D eigenvalue weighted by molar-refractivity contribution is 7.73. The van der Waals surface area contributed by atoms with Crippen LogP contribution in [0.1, 0.15) is 51.4 Å². The minimum Gasteiger partial charge on any atom is -0.247 e. The number of benzene rings is 2. The van der Waals surface area contributed by atoms with E-state index in [4.69, 9.17) is 0 Å². The van der Waals surface area contributed by atoms with Crippen LogP contribution in [-0.4, -0.2) is 19.9 Å². The van der Waals surface area contributed by atoms with Crippen LogP contribution in [0, 0.1) is 0 Å². The van der Waals surface area contributed by atoms with Crippen molar-refractivity contribution in [3.63, 3.8) is 0 Å². The van der Waals surface area contributed by atoms with E-state index in [9.17, 15) is 14.4 Å². The Morgan fingerprint density at radius 3 is 1.39 bits per heavy atom. The molecule has 6 nitrogen and oxygen atoms in total. The minimum atomic E-state index is -0.615. The second kappa shape index (κ2) is 15.9. The van der Waals surface area contributed by atoms with Gasteiger partial charge >= 0.3 is 17.1 Å². The summed E-state index contributed by atoms with van der Waals surface area (Å²) >= 11 is 0. The molecule has 38 heavy (non-hydrogen) atoms. The number of unbranched alkanes of at least 4 members (excludes halogenated alkanes) is 7. The van der Waals surface area contributed by atoms with Gasteiger partial charge in [0.25, 0.3) is 0 Å². The summed E-state index contributed by atoms with van der Waals surface area (Å²) in [6.07, 6.45) is 13.0. The van der Waals surface area contributed by atoms with Gasteiger partial charge in [0, 0.05) is 6.54 Å². The van der Waals surface area contributed by atoms with Gasteiger partial charge in [0.2, 0.25) is 0 Å². The smallest absolute Gasteiger partial charge is 0.247 e. The van der Waals surface area contributed by atoms with Crippen LogP contribution in [0.5, 0.6) is 0 Å². The molecule has 1 aromatic heterocycles. The number of aromatic nitrogens is 3. The van der Waals surface area contributed by atoms with Crippen LogP contribution in [0.15, 0.2) is 100 Å². The molecular weight excluding hydrogens is 493 g/mol. The predicted molar refractivity (Wildman–Crippen MR) is 160 cm³/mol. The van der Waals surface area contributed by atoms with Gasteiger partial charge in [0.15, 0.2) is 0 Å². The Morgan fingerprint density at radius 2 is 0.947 bits per heavy atom. The fourth-order valence-corrected chi connectivity index (χ4v) is 7.09. The Bertz CT molecular complexity index is 1240. The topological polar surface area (TPSA) is 66.0 Å². The number of rotatable bonds is 17. The highest BCUT2D eigenvalue weighted by atomic mass is 31.1. The van der Waals surface area contributed by atoms with E-state index in [2.05, 4.69) is 73.8 Å². The second-order valence-electron chi connectivity index (χ2n) is 9.45. The molecule has 2 aromatic carbocycles. The lowest BCUT2D eigenvalue weighted by Gasteiger charge is -2.18. The van der Waals surface area contributed by atoms with Gasteiger partial charge in [-0.15, -0.1) is 13.2 Å². The molecule has 7 heteroatoms. The lowest BCUT2D eigenvalue weighted by molar-refractivity contribution is 0.456. The Hall–Kier alpha value is -3.24. The number of allylic oxidation sites excluding steroid dienone is 2. The van der Waals surface area contributed by atoms with E-state index in [1.165, 1.54) is 59.2 Å². The van der Waals surface area contributed by atoms with Gasteiger partial charge in [-0.3, -0.25) is 0 Å². The monoisotopic (exact) mass is 533 g/mol. The van der Waals surface area contributed by atoms with Gasteiger partial charge in [-0.05, 0) is 37.5 Å². The van der Waals surface area contributed by atoms with Crippen molar-refractivity contribution in [3.05, 3.63) is 117 Å². The molecule has 0 fully saturated rings. The fourth-order valence-electron chi connectivity index (χ4n) is 4.67. The highest BCUT2D eigenvalue weighted by Crippen LogP contribution is 2.34. The van der Waals surface area contributed by atoms with Crippen LogP contribution in [0.4, 0.5) is 0 Å². The summed E-state index contributed by atoms with van der Waals surface area (Å²) in [6, 6.07) is 21.8. The van der Waals surface area contributed by atoms with Crippen LogP contribution in [0.2, 0.25) is 0 Å². The average molecular weight is 534 g/mol. The van der Waals surface area contributed by atoms with Crippen LogP contribution in [0.25, 0.3) is 0 Å². The SMILES string of the molecule is C=CCn1c(=O)n(CC=C)c(=O)n(CCCCCCCCCCP(c2ccccc2)c2ccccc2)c1=O. The number of hydrogen-bond donors (Lipinski definition) is 0. The zero-order chi connectivity index (χ0) is 27.2. The van der Waals surface area contributed by atoms with E-state index in [1.807, 2.05) is 0 Å². The zero-order valence-electron chi connectivity index (χ0n) is 22.3. The van der Waals surface area contributed by atoms with Gasteiger partial charge < -0.3 is 0 Å². The second-order valence-corrected chi connectivity index (χ2v) is 11.8. The minimum absolute atomic E-state index is 0.0771. The van der Waals surface area contributed by atoms with Crippen LogP contribution < -0.4 is 27.7 Å². The van der Waals surface area contributed by atoms with E-state index >= 15 is 0 Å². The maximum Gasteiger partial charge on any atom is 0.336 e. The Labute approximate surface area is 226 Å². The quantitative estimate of drug-likeness (QED) is 0.142. The molecule has 0 saturated carbocycles. The first-order valence-electron chi connectivity index (χ1n) is 13.6. The summed E-state index contributed by atoms with van der Waals surface area (Å²) in [5.74, 6) is 0. The molecule has 0 saturated heterocycles. The first kappa shape index (κ1) is 29.3. The van der Waals surface area contributed by atoms with Crippen LogP contribution in [-0.2, 0) is 19.6 Å². The third kappa shape index (κ3) is 8.13. The van der Waals surface area contributed by atoms with E-state index in [1.54, 1.807) is 0 Å². The molecule has 0 atom stereocenters. The van der Waals surface area contributed by atoms with Crippen molar-refractivity contribution in [2.45, 2.75) is 71.0 Å². The highest BCUT2D eigenvalue weighted by Gasteiger charge is 2.14. The molecule has 1 heterocycles. The van der Waals surface area contributed by atoms with Crippen molar-refractivity contribution >= 4 is 18.5 Å². The summed E-state index contributed by atoms with van der Waals surface area (Å²) in [4.78, 5) is 37.9. The molecular formula is C31H40N3O3P. The maximum absolute atomic E-state index is 12.7. The standard InChI is InChI=1S/C31H40N3O3P/c1-3-23-32-29(35)33(24-4-2)31(37)34(30(32)36)25-17-9-7-5-6-8-10-18-26-38(27-19-13-11-14-20-27)28-21-15-12-16-22-28/h3-4,11-16,19-22H,1-2,5-10,17-18,23-26H2. The molecule has 0 spiro atoms. The van der Waals surface area contributed by atoms with Crippen molar-refractivity contribution in [1.29, 1.82) is 0 Å². The Balaban J connectivity index is 1.40. The van der Waals surface area contributed by atoms with Crippen molar-refractivity contribution in [1.82, 2.24) is 13.7 Å². The third-order valence-corrected chi connectivity index (χ3v) is 9.26. The molecule has 0 N–H and O–H groups in total. The maximum atomic E-state index is 12.7. The normalized spacial score (nSPS) is 11.1. The fraction of sp³-hybridized carbons (Fsp3) is 0.387. The van der Waals surface area contributed by atoms with Crippen molar-refractivity contribution in [3.8, 4) is 0 Å². The summed E-state index contributed by atoms with van der Waals surface area (Å²) in [5.41, 5.74) is -1.74. The molecule has 3 rings (SSSR count). The average Bonchev–Trinajstić information content (AvgIpc) is 2.94. The predicted octanol–water partition coefficient (Wildman–Crippen LogP) is 4.80. The summed E-state index contributed by atoms with van der Waals surface area (Å²) < 4.78 is 3.28. The zero-order valence-corrected chi connectivity index (χ0v) is 23.2. The van der Waals surface area contributed by atoms with Gasteiger partial charge in [-0.1, -0.05) is 111 Å². The summed E-state index contributed by atoms with van der Waals surface area (Å²) in [5, 5.41) is 2.90. The summed E-state index contributed by atoms with van der Waals surface area (Å²) in [6.45, 7) is 7.69. The molecule has 0 aliphatic carbocycles. The first-order valence-corrected chi connectivity index (χ1v) is 15.1. The third-order valence-electron chi connectivity index (χ3n) is 6.66. The number of hydrogen-bond acceptors (Lipinski definition) is 3. The Kier molecular flexibility index (Phi) is 12.3. The lowest BCUT2D eigenvalue weighted by Crippen LogP contribution is -2.54. The number of nitrogens with zero attached hydrogens (tertiary/aromatic N) is 3. The molecule has 0 aliphatic rings. The summed E-state index contributed by atoms with van der Waals surface area (Å²) in [7, 11) is -0.310. The van der Waals surface area contributed by atoms with E-state index in [0.29, 0.717) is 6.54 Å². The van der Waals surface area contributed by atoms with Crippen LogP contribution in [0.3, 0.4) is 0 Å². The molecule has 0 amide bonds. The van der Waals surface area contributed by atoms with E-state index < -0.39 is 17.1 Å². The largest absolute Gasteiger partial charge is 0.336 e. The molecule has 202 valence electrons. The van der Waals surface area contributed by atoms with E-state index in [-0.39, 0.29) is 21.0 Å². The van der Waals surface area contributed by atoms with Crippen molar-refractivity contribution in [2.24, 2.45) is 0 Å². The molecule has 0 unspecified atom stereocenters. The van der Waals surface area contributed by atoms with Crippen LogP contribution >= 0.6 is 7.92 Å².